The third-order valence-corrected chi connectivity index (χ3v) is 4.80. The Hall–Kier alpha value is -2.93. The fourth-order valence-corrected chi connectivity index (χ4v) is 3.27. The SMILES string of the molecule is COc1ccc(NC(=O)[C@@H](C)OC(=O)c2cc3c(F)cccc3s2)cc1. The van der Waals surface area contributed by atoms with Crippen molar-refractivity contribution in [2.24, 2.45) is 0 Å². The number of thiophene rings is 1. The van der Waals surface area contributed by atoms with Gasteiger partial charge in [0.1, 0.15) is 16.4 Å². The van der Waals surface area contributed by atoms with Gasteiger partial charge in [0.25, 0.3) is 5.91 Å². The highest BCUT2D eigenvalue weighted by Gasteiger charge is 2.21. The molecule has 0 aliphatic heterocycles. The van der Waals surface area contributed by atoms with Gasteiger partial charge >= 0.3 is 5.97 Å². The lowest BCUT2D eigenvalue weighted by atomic mass is 10.2. The molecule has 0 saturated carbocycles. The molecular formula is C19H16FNO4S. The Kier molecular flexibility index (Phi) is 5.18. The summed E-state index contributed by atoms with van der Waals surface area (Å²) in [6, 6.07) is 12.8. The molecule has 134 valence electrons. The van der Waals surface area contributed by atoms with Crippen molar-refractivity contribution in [1.82, 2.24) is 0 Å². The van der Waals surface area contributed by atoms with Crippen LogP contribution in [0.2, 0.25) is 0 Å². The van der Waals surface area contributed by atoms with Crippen LogP contribution in [0.4, 0.5) is 10.1 Å². The Morgan fingerprint density at radius 3 is 2.54 bits per heavy atom. The van der Waals surface area contributed by atoms with Gasteiger partial charge in [0.2, 0.25) is 0 Å². The number of hydrogen-bond acceptors (Lipinski definition) is 5. The predicted octanol–water partition coefficient (Wildman–Crippen LogP) is 4.23. The number of nitrogens with one attached hydrogen (secondary N) is 1. The molecule has 1 heterocycles. The number of halogens is 1. The lowest BCUT2D eigenvalue weighted by Gasteiger charge is -2.13. The Morgan fingerprint density at radius 1 is 1.15 bits per heavy atom. The van der Waals surface area contributed by atoms with Crippen molar-refractivity contribution in [2.75, 3.05) is 12.4 Å². The van der Waals surface area contributed by atoms with E-state index in [0.717, 1.165) is 11.3 Å². The standard InChI is InChI=1S/C19H16FNO4S/c1-11(18(22)21-12-6-8-13(24-2)9-7-12)25-19(23)17-10-14-15(20)4-3-5-16(14)26-17/h3-11H,1-2H3,(H,21,22)/t11-/m1/s1. The largest absolute Gasteiger partial charge is 0.497 e. The third-order valence-electron chi connectivity index (χ3n) is 3.72. The van der Waals surface area contributed by atoms with E-state index in [2.05, 4.69) is 5.32 Å². The molecule has 2 aromatic carbocycles. The minimum atomic E-state index is -1.00. The average Bonchev–Trinajstić information content (AvgIpc) is 3.08. The molecule has 0 aliphatic rings. The lowest BCUT2D eigenvalue weighted by molar-refractivity contribution is -0.123. The number of fused-ring (bicyclic) bond motifs is 1. The van der Waals surface area contributed by atoms with Gasteiger partial charge in [-0.25, -0.2) is 9.18 Å². The van der Waals surface area contributed by atoms with E-state index in [0.29, 0.717) is 21.5 Å². The molecule has 0 saturated heterocycles. The molecule has 0 fully saturated rings. The molecule has 3 aromatic rings. The van der Waals surface area contributed by atoms with Gasteiger partial charge in [-0.15, -0.1) is 11.3 Å². The minimum absolute atomic E-state index is 0.245. The van der Waals surface area contributed by atoms with Gasteiger partial charge in [-0.1, -0.05) is 6.07 Å². The molecule has 1 amide bonds. The maximum atomic E-state index is 13.7. The van der Waals surface area contributed by atoms with Crippen LogP contribution in [0.15, 0.2) is 48.5 Å². The molecule has 0 radical (unpaired) electrons. The number of ether oxygens (including phenoxy) is 2. The molecule has 1 atom stereocenters. The molecule has 7 heteroatoms. The van der Waals surface area contributed by atoms with Crippen molar-refractivity contribution < 1.29 is 23.5 Å². The average molecular weight is 373 g/mol. The summed E-state index contributed by atoms with van der Waals surface area (Å²) in [4.78, 5) is 24.7. The fraction of sp³-hybridized carbons (Fsp3) is 0.158. The van der Waals surface area contributed by atoms with Crippen molar-refractivity contribution in [3.63, 3.8) is 0 Å². The van der Waals surface area contributed by atoms with Crippen LogP contribution in [0.1, 0.15) is 16.6 Å². The molecule has 0 aliphatic carbocycles. The van der Waals surface area contributed by atoms with E-state index in [9.17, 15) is 14.0 Å². The normalized spacial score (nSPS) is 11.8. The van der Waals surface area contributed by atoms with Crippen LogP contribution < -0.4 is 10.1 Å². The highest BCUT2D eigenvalue weighted by molar-refractivity contribution is 7.20. The number of amides is 1. The Labute approximate surface area is 153 Å². The molecule has 5 nitrogen and oxygen atoms in total. The second-order valence-electron chi connectivity index (χ2n) is 5.53. The molecule has 0 bridgehead atoms. The zero-order valence-electron chi connectivity index (χ0n) is 14.1. The number of esters is 1. The van der Waals surface area contributed by atoms with Crippen molar-refractivity contribution in [1.29, 1.82) is 0 Å². The van der Waals surface area contributed by atoms with Crippen molar-refractivity contribution >= 4 is 39.0 Å². The van der Waals surface area contributed by atoms with Gasteiger partial charge in [-0.2, -0.15) is 0 Å². The number of benzene rings is 2. The molecule has 0 unspecified atom stereocenters. The first-order chi connectivity index (χ1) is 12.5. The summed E-state index contributed by atoms with van der Waals surface area (Å²) in [6.07, 6.45) is -1.00. The van der Waals surface area contributed by atoms with E-state index < -0.39 is 23.8 Å². The number of anilines is 1. The molecule has 3 rings (SSSR count). The number of carbonyl (C=O) groups excluding carboxylic acids is 2. The summed E-state index contributed by atoms with van der Waals surface area (Å²) in [5.74, 6) is -0.860. The lowest BCUT2D eigenvalue weighted by Crippen LogP contribution is -2.29. The molecule has 26 heavy (non-hydrogen) atoms. The molecular weight excluding hydrogens is 357 g/mol. The zero-order chi connectivity index (χ0) is 18.7. The highest BCUT2D eigenvalue weighted by Crippen LogP contribution is 2.28. The van der Waals surface area contributed by atoms with Crippen LogP contribution in [0.5, 0.6) is 5.75 Å². The van der Waals surface area contributed by atoms with Crippen LogP contribution in [0.3, 0.4) is 0 Å². The third kappa shape index (κ3) is 3.83. The van der Waals surface area contributed by atoms with Gasteiger partial charge in [-0.05, 0) is 49.4 Å². The first-order valence-corrected chi connectivity index (χ1v) is 8.63. The van der Waals surface area contributed by atoms with Gasteiger partial charge in [-0.3, -0.25) is 4.79 Å². The van der Waals surface area contributed by atoms with E-state index in [4.69, 9.17) is 9.47 Å². The monoisotopic (exact) mass is 373 g/mol. The van der Waals surface area contributed by atoms with Crippen molar-refractivity contribution in [3.8, 4) is 5.75 Å². The van der Waals surface area contributed by atoms with E-state index in [-0.39, 0.29) is 4.88 Å². The smallest absolute Gasteiger partial charge is 0.349 e. The van der Waals surface area contributed by atoms with E-state index in [1.165, 1.54) is 19.1 Å². The maximum Gasteiger partial charge on any atom is 0.349 e. The molecule has 0 spiro atoms. The summed E-state index contributed by atoms with van der Waals surface area (Å²) in [5, 5.41) is 3.02. The predicted molar refractivity (Wildman–Crippen MR) is 98.3 cm³/mol. The van der Waals surface area contributed by atoms with Crippen LogP contribution in [-0.4, -0.2) is 25.1 Å². The van der Waals surface area contributed by atoms with Gasteiger partial charge in [0.15, 0.2) is 6.10 Å². The summed E-state index contributed by atoms with van der Waals surface area (Å²) in [7, 11) is 1.55. The number of methoxy groups -OCH3 is 1. The number of hydrogen-bond donors (Lipinski definition) is 1. The number of carbonyl (C=O) groups is 2. The van der Waals surface area contributed by atoms with Crippen LogP contribution >= 0.6 is 11.3 Å². The topological polar surface area (TPSA) is 64.6 Å². The summed E-state index contributed by atoms with van der Waals surface area (Å²) in [5.41, 5.74) is 0.558. The van der Waals surface area contributed by atoms with Crippen LogP contribution in [0, 0.1) is 5.82 Å². The minimum Gasteiger partial charge on any atom is -0.497 e. The summed E-state index contributed by atoms with van der Waals surface area (Å²) < 4.78 is 24.6. The highest BCUT2D eigenvalue weighted by atomic mass is 32.1. The number of rotatable bonds is 5. The zero-order valence-corrected chi connectivity index (χ0v) is 14.9. The van der Waals surface area contributed by atoms with Crippen molar-refractivity contribution in [2.45, 2.75) is 13.0 Å². The summed E-state index contributed by atoms with van der Waals surface area (Å²) >= 11 is 1.12. The summed E-state index contributed by atoms with van der Waals surface area (Å²) in [6.45, 7) is 1.48. The second-order valence-corrected chi connectivity index (χ2v) is 6.61. The molecule has 1 N–H and O–H groups in total. The van der Waals surface area contributed by atoms with Crippen molar-refractivity contribution in [3.05, 3.63) is 59.2 Å². The Balaban J connectivity index is 1.65. The van der Waals surface area contributed by atoms with E-state index in [1.807, 2.05) is 0 Å². The van der Waals surface area contributed by atoms with Crippen LogP contribution in [-0.2, 0) is 9.53 Å². The van der Waals surface area contributed by atoms with Crippen LogP contribution in [0.25, 0.3) is 10.1 Å². The van der Waals surface area contributed by atoms with E-state index >= 15 is 0 Å². The fourth-order valence-electron chi connectivity index (χ4n) is 2.32. The Morgan fingerprint density at radius 2 is 1.88 bits per heavy atom. The quantitative estimate of drug-likeness (QED) is 0.680. The maximum absolute atomic E-state index is 13.7. The van der Waals surface area contributed by atoms with E-state index in [1.54, 1.807) is 43.5 Å². The first-order valence-electron chi connectivity index (χ1n) is 7.82. The van der Waals surface area contributed by atoms with Gasteiger partial charge in [0.05, 0.1) is 7.11 Å². The molecule has 1 aromatic heterocycles. The van der Waals surface area contributed by atoms with Gasteiger partial charge < -0.3 is 14.8 Å². The Bertz CT molecular complexity index is 952. The first kappa shape index (κ1) is 17.9. The second kappa shape index (κ2) is 7.53. The van der Waals surface area contributed by atoms with Gasteiger partial charge in [0, 0.05) is 15.8 Å².